The fourth-order valence-corrected chi connectivity index (χ4v) is 2.63. The number of nitrogens with zero attached hydrogens (tertiary/aromatic N) is 2. The molecule has 7 heteroatoms. The lowest BCUT2D eigenvalue weighted by molar-refractivity contribution is 0.0948. The van der Waals surface area contributed by atoms with Crippen LogP contribution in [0.5, 0.6) is 5.75 Å². The van der Waals surface area contributed by atoms with Crippen LogP contribution in [0.2, 0.25) is 5.02 Å². The number of carbonyl (C=O) groups excluding carboxylic acids is 1. The Morgan fingerprint density at radius 1 is 1.07 bits per heavy atom. The second kappa shape index (κ2) is 9.00. The van der Waals surface area contributed by atoms with Gasteiger partial charge in [0.25, 0.3) is 5.91 Å². The third kappa shape index (κ3) is 5.43. The molecule has 0 aliphatic heterocycles. The summed E-state index contributed by atoms with van der Waals surface area (Å²) in [7, 11) is 1.63. The molecule has 6 nitrogen and oxygen atoms in total. The van der Waals surface area contributed by atoms with Crippen LogP contribution in [0.25, 0.3) is 0 Å². The van der Waals surface area contributed by atoms with Crippen LogP contribution in [0, 0.1) is 0 Å². The fraction of sp³-hybridized carbons (Fsp3) is 0.150. The maximum absolute atomic E-state index is 12.2. The molecule has 0 radical (unpaired) electrons. The van der Waals surface area contributed by atoms with E-state index < -0.39 is 0 Å². The molecule has 3 aromatic rings. The van der Waals surface area contributed by atoms with Gasteiger partial charge in [0.05, 0.1) is 7.11 Å². The smallest absolute Gasteiger partial charge is 0.271 e. The Labute approximate surface area is 162 Å². The first-order valence-electron chi connectivity index (χ1n) is 8.41. The number of carbonyl (C=O) groups is 1. The molecule has 0 atom stereocenters. The molecule has 0 saturated heterocycles. The standard InChI is InChI=1S/C20H19ClN4O2/c1-27-17-7-5-14(6-8-17)11-12-22-20(26)18-9-10-19(25-24-18)23-16-4-2-3-15(21)13-16/h2-10,13H,11-12H2,1H3,(H,22,26)(H,23,25). The Bertz CT molecular complexity index is 899. The Morgan fingerprint density at radius 3 is 2.56 bits per heavy atom. The normalized spacial score (nSPS) is 10.3. The molecule has 1 heterocycles. The maximum Gasteiger partial charge on any atom is 0.271 e. The Balaban J connectivity index is 1.51. The number of anilines is 2. The molecule has 138 valence electrons. The van der Waals surface area contributed by atoms with Gasteiger partial charge in [-0.3, -0.25) is 4.79 Å². The minimum absolute atomic E-state index is 0.259. The average Bonchev–Trinajstić information content (AvgIpc) is 2.69. The number of hydrogen-bond acceptors (Lipinski definition) is 5. The molecule has 2 aromatic carbocycles. The molecule has 0 saturated carbocycles. The van der Waals surface area contributed by atoms with Gasteiger partial charge in [0.15, 0.2) is 11.5 Å². The first kappa shape index (κ1) is 18.7. The van der Waals surface area contributed by atoms with E-state index in [2.05, 4.69) is 20.8 Å². The molecule has 3 rings (SSSR count). The monoisotopic (exact) mass is 382 g/mol. The van der Waals surface area contributed by atoms with Crippen LogP contribution in [0.3, 0.4) is 0 Å². The molecule has 0 aliphatic carbocycles. The predicted molar refractivity (Wildman–Crippen MR) is 106 cm³/mol. The third-order valence-corrected chi connectivity index (χ3v) is 4.09. The van der Waals surface area contributed by atoms with E-state index in [1.165, 1.54) is 0 Å². The van der Waals surface area contributed by atoms with Crippen molar-refractivity contribution in [3.8, 4) is 5.75 Å². The van der Waals surface area contributed by atoms with Crippen LogP contribution in [0.15, 0.2) is 60.7 Å². The van der Waals surface area contributed by atoms with Crippen molar-refractivity contribution < 1.29 is 9.53 Å². The zero-order valence-electron chi connectivity index (χ0n) is 14.8. The number of hydrogen-bond donors (Lipinski definition) is 2. The average molecular weight is 383 g/mol. The first-order chi connectivity index (χ1) is 13.1. The van der Waals surface area contributed by atoms with Crippen molar-refractivity contribution in [3.05, 3.63) is 76.9 Å². The van der Waals surface area contributed by atoms with Crippen molar-refractivity contribution in [2.75, 3.05) is 19.0 Å². The molecule has 1 aromatic heterocycles. The zero-order chi connectivity index (χ0) is 19.1. The minimum atomic E-state index is -0.259. The van der Waals surface area contributed by atoms with Gasteiger partial charge in [-0.1, -0.05) is 29.8 Å². The highest BCUT2D eigenvalue weighted by atomic mass is 35.5. The number of amides is 1. The van der Waals surface area contributed by atoms with Crippen LogP contribution in [0.4, 0.5) is 11.5 Å². The van der Waals surface area contributed by atoms with Crippen molar-refractivity contribution in [3.63, 3.8) is 0 Å². The van der Waals surface area contributed by atoms with Crippen molar-refractivity contribution >= 4 is 29.0 Å². The lowest BCUT2D eigenvalue weighted by Gasteiger charge is -2.07. The molecular formula is C20H19ClN4O2. The zero-order valence-corrected chi connectivity index (χ0v) is 15.5. The molecular weight excluding hydrogens is 364 g/mol. The summed E-state index contributed by atoms with van der Waals surface area (Å²) in [4.78, 5) is 12.2. The second-order valence-corrected chi connectivity index (χ2v) is 6.23. The van der Waals surface area contributed by atoms with Gasteiger partial charge in [0.2, 0.25) is 0 Å². The van der Waals surface area contributed by atoms with E-state index in [1.54, 1.807) is 31.4 Å². The lowest BCUT2D eigenvalue weighted by atomic mass is 10.1. The van der Waals surface area contributed by atoms with Gasteiger partial charge < -0.3 is 15.4 Å². The number of ether oxygens (including phenoxy) is 1. The molecule has 0 aliphatic rings. The number of rotatable bonds is 7. The minimum Gasteiger partial charge on any atom is -0.497 e. The molecule has 1 amide bonds. The summed E-state index contributed by atoms with van der Waals surface area (Å²) in [6, 6.07) is 18.3. The SMILES string of the molecule is COc1ccc(CCNC(=O)c2ccc(Nc3cccc(Cl)c3)nn2)cc1. The van der Waals surface area contributed by atoms with Crippen LogP contribution in [-0.2, 0) is 6.42 Å². The molecule has 0 fully saturated rings. The van der Waals surface area contributed by atoms with Gasteiger partial charge in [-0.15, -0.1) is 10.2 Å². The molecule has 2 N–H and O–H groups in total. The van der Waals surface area contributed by atoms with E-state index in [4.69, 9.17) is 16.3 Å². The number of aromatic nitrogens is 2. The summed E-state index contributed by atoms with van der Waals surface area (Å²) in [5.74, 6) is 1.09. The third-order valence-electron chi connectivity index (χ3n) is 3.85. The Morgan fingerprint density at radius 2 is 1.89 bits per heavy atom. The van der Waals surface area contributed by atoms with Gasteiger partial charge in [0, 0.05) is 17.3 Å². The van der Waals surface area contributed by atoms with E-state index in [9.17, 15) is 4.79 Å². The maximum atomic E-state index is 12.2. The van der Waals surface area contributed by atoms with Gasteiger partial charge >= 0.3 is 0 Å². The van der Waals surface area contributed by atoms with Crippen molar-refractivity contribution in [2.24, 2.45) is 0 Å². The highest BCUT2D eigenvalue weighted by Gasteiger charge is 2.08. The van der Waals surface area contributed by atoms with E-state index in [0.29, 0.717) is 17.4 Å². The largest absolute Gasteiger partial charge is 0.497 e. The van der Waals surface area contributed by atoms with E-state index in [1.807, 2.05) is 36.4 Å². The van der Waals surface area contributed by atoms with E-state index in [-0.39, 0.29) is 11.6 Å². The van der Waals surface area contributed by atoms with E-state index in [0.717, 1.165) is 23.4 Å². The van der Waals surface area contributed by atoms with Crippen LogP contribution in [0.1, 0.15) is 16.1 Å². The van der Waals surface area contributed by atoms with E-state index >= 15 is 0 Å². The number of methoxy groups -OCH3 is 1. The second-order valence-electron chi connectivity index (χ2n) is 5.79. The number of halogens is 1. The summed E-state index contributed by atoms with van der Waals surface area (Å²) >= 11 is 5.95. The van der Waals surface area contributed by atoms with Crippen LogP contribution in [-0.4, -0.2) is 29.8 Å². The quantitative estimate of drug-likeness (QED) is 0.649. The van der Waals surface area contributed by atoms with Crippen molar-refractivity contribution in [1.29, 1.82) is 0 Å². The molecule has 0 bridgehead atoms. The van der Waals surface area contributed by atoms with Crippen LogP contribution >= 0.6 is 11.6 Å². The van der Waals surface area contributed by atoms with Gasteiger partial charge in [0.1, 0.15) is 5.75 Å². The Hall–Kier alpha value is -3.12. The topological polar surface area (TPSA) is 76.1 Å². The highest BCUT2D eigenvalue weighted by Crippen LogP contribution is 2.18. The van der Waals surface area contributed by atoms with Gasteiger partial charge in [-0.25, -0.2) is 0 Å². The highest BCUT2D eigenvalue weighted by molar-refractivity contribution is 6.30. The predicted octanol–water partition coefficient (Wildman–Crippen LogP) is 3.85. The summed E-state index contributed by atoms with van der Waals surface area (Å²) in [5, 5.41) is 14.6. The van der Waals surface area contributed by atoms with Crippen LogP contribution < -0.4 is 15.4 Å². The molecule has 27 heavy (non-hydrogen) atoms. The molecule has 0 unspecified atom stereocenters. The van der Waals surface area contributed by atoms with Crippen molar-refractivity contribution in [2.45, 2.75) is 6.42 Å². The first-order valence-corrected chi connectivity index (χ1v) is 8.79. The van der Waals surface area contributed by atoms with Gasteiger partial charge in [-0.2, -0.15) is 0 Å². The van der Waals surface area contributed by atoms with Crippen molar-refractivity contribution in [1.82, 2.24) is 15.5 Å². The summed E-state index contributed by atoms with van der Waals surface area (Å²) in [6.07, 6.45) is 0.720. The fourth-order valence-electron chi connectivity index (χ4n) is 2.44. The molecule has 0 spiro atoms. The summed E-state index contributed by atoms with van der Waals surface area (Å²) < 4.78 is 5.13. The lowest BCUT2D eigenvalue weighted by Crippen LogP contribution is -2.26. The Kier molecular flexibility index (Phi) is 6.22. The summed E-state index contributed by atoms with van der Waals surface area (Å²) in [6.45, 7) is 0.509. The van der Waals surface area contributed by atoms with Gasteiger partial charge in [-0.05, 0) is 54.4 Å². The number of benzene rings is 2. The number of nitrogens with one attached hydrogen (secondary N) is 2. The summed E-state index contributed by atoms with van der Waals surface area (Å²) in [5.41, 5.74) is 2.18.